The van der Waals surface area contributed by atoms with Gasteiger partial charge in [0, 0.05) is 11.4 Å². The number of hydrogen-bond donors (Lipinski definition) is 1. The predicted molar refractivity (Wildman–Crippen MR) is 74.7 cm³/mol. The monoisotopic (exact) mass is 281 g/mol. The van der Waals surface area contributed by atoms with Crippen molar-refractivity contribution in [3.05, 3.63) is 21.4 Å². The maximum absolute atomic E-state index is 12.5. The minimum absolute atomic E-state index is 0.125. The molecular formula is C14H19NO3S. The number of nitrogens with zero attached hydrogens (tertiary/aromatic N) is 1. The van der Waals surface area contributed by atoms with E-state index in [0.29, 0.717) is 17.8 Å². The summed E-state index contributed by atoms with van der Waals surface area (Å²) >= 11 is 1.49. The van der Waals surface area contributed by atoms with Crippen molar-refractivity contribution in [2.45, 2.75) is 45.6 Å². The van der Waals surface area contributed by atoms with Gasteiger partial charge in [-0.05, 0) is 44.2 Å². The number of hydrogen-bond acceptors (Lipinski definition) is 3. The molecule has 2 rings (SSSR count). The van der Waals surface area contributed by atoms with Gasteiger partial charge in [-0.25, -0.2) is 4.79 Å². The van der Waals surface area contributed by atoms with Crippen molar-refractivity contribution in [3.8, 4) is 0 Å². The van der Waals surface area contributed by atoms with E-state index in [1.54, 1.807) is 0 Å². The van der Waals surface area contributed by atoms with Crippen LogP contribution in [0.25, 0.3) is 0 Å². The zero-order chi connectivity index (χ0) is 14.0. The molecule has 0 bridgehead atoms. The summed E-state index contributed by atoms with van der Waals surface area (Å²) in [6.07, 6.45) is 3.24. The van der Waals surface area contributed by atoms with Crippen LogP contribution in [0.15, 0.2) is 6.07 Å². The van der Waals surface area contributed by atoms with Crippen LogP contribution < -0.4 is 0 Å². The third-order valence-corrected chi connectivity index (χ3v) is 4.97. The van der Waals surface area contributed by atoms with Gasteiger partial charge < -0.3 is 10.0 Å². The average molecular weight is 281 g/mol. The maximum atomic E-state index is 12.5. The van der Waals surface area contributed by atoms with Crippen molar-refractivity contribution in [1.82, 2.24) is 4.90 Å². The Balaban J connectivity index is 2.23. The number of amides is 1. The van der Waals surface area contributed by atoms with Crippen molar-refractivity contribution in [2.24, 2.45) is 0 Å². The molecule has 2 heterocycles. The van der Waals surface area contributed by atoms with Crippen LogP contribution in [0.4, 0.5) is 0 Å². The Morgan fingerprint density at radius 1 is 1.47 bits per heavy atom. The number of aliphatic carboxylic acids is 1. The lowest BCUT2D eigenvalue weighted by molar-refractivity contribution is -0.143. The third kappa shape index (κ3) is 2.81. The van der Waals surface area contributed by atoms with Crippen molar-refractivity contribution < 1.29 is 14.7 Å². The van der Waals surface area contributed by atoms with Gasteiger partial charge in [-0.2, -0.15) is 0 Å². The summed E-state index contributed by atoms with van der Waals surface area (Å²) in [5.41, 5.74) is 1.12. The minimum Gasteiger partial charge on any atom is -0.480 e. The molecule has 1 fully saturated rings. The number of carboxylic acids is 1. The van der Waals surface area contributed by atoms with Gasteiger partial charge in [0.25, 0.3) is 5.91 Å². The Kier molecular flexibility index (Phi) is 4.24. The molecular weight excluding hydrogens is 262 g/mol. The second-order valence-electron chi connectivity index (χ2n) is 4.92. The Bertz CT molecular complexity index is 495. The Morgan fingerprint density at radius 3 is 2.79 bits per heavy atom. The molecule has 1 aliphatic heterocycles. The predicted octanol–water partition coefficient (Wildman–Crippen LogP) is 2.70. The highest BCUT2D eigenvalue weighted by molar-refractivity contribution is 7.14. The standard InChI is InChI=1S/C14H19NO3S/c1-3-11-9(2)8-12(19-11)13(16)15-7-5-4-6-10(15)14(17)18/h8,10H,3-7H2,1-2H3,(H,17,18)/t10-/m1/s1. The summed E-state index contributed by atoms with van der Waals surface area (Å²) in [6.45, 7) is 4.61. The van der Waals surface area contributed by atoms with Gasteiger partial charge in [0.2, 0.25) is 0 Å². The van der Waals surface area contributed by atoms with E-state index < -0.39 is 12.0 Å². The number of piperidine rings is 1. The van der Waals surface area contributed by atoms with Gasteiger partial charge in [-0.3, -0.25) is 4.79 Å². The van der Waals surface area contributed by atoms with Crippen LogP contribution in [0.1, 0.15) is 46.3 Å². The molecule has 1 atom stereocenters. The first-order chi connectivity index (χ1) is 9.04. The highest BCUT2D eigenvalue weighted by Crippen LogP contribution is 2.26. The molecule has 0 aliphatic carbocycles. The maximum Gasteiger partial charge on any atom is 0.326 e. The first-order valence-corrected chi connectivity index (χ1v) is 7.49. The molecule has 5 heteroatoms. The SMILES string of the molecule is CCc1sc(C(=O)N2CCCC[C@@H]2C(=O)O)cc1C. The molecule has 0 radical (unpaired) electrons. The third-order valence-electron chi connectivity index (χ3n) is 3.60. The van der Waals surface area contributed by atoms with E-state index in [-0.39, 0.29) is 5.91 Å². The summed E-state index contributed by atoms with van der Waals surface area (Å²) in [7, 11) is 0. The molecule has 104 valence electrons. The van der Waals surface area contributed by atoms with Crippen molar-refractivity contribution in [3.63, 3.8) is 0 Å². The molecule has 1 saturated heterocycles. The second-order valence-corrected chi connectivity index (χ2v) is 6.06. The topological polar surface area (TPSA) is 57.6 Å². The number of carbonyl (C=O) groups is 2. The lowest BCUT2D eigenvalue weighted by Crippen LogP contribution is -2.47. The summed E-state index contributed by atoms with van der Waals surface area (Å²) in [4.78, 5) is 27.1. The Labute approximate surface area is 117 Å². The number of thiophene rings is 1. The Hall–Kier alpha value is -1.36. The van der Waals surface area contributed by atoms with Crippen LogP contribution in [0.3, 0.4) is 0 Å². The highest BCUT2D eigenvalue weighted by atomic mass is 32.1. The lowest BCUT2D eigenvalue weighted by atomic mass is 10.0. The van der Waals surface area contributed by atoms with Crippen LogP contribution in [0.5, 0.6) is 0 Å². The van der Waals surface area contributed by atoms with Crippen molar-refractivity contribution in [2.75, 3.05) is 6.54 Å². The number of carboxylic acid groups (broad SMARTS) is 1. The van der Waals surface area contributed by atoms with E-state index in [0.717, 1.165) is 24.8 Å². The molecule has 0 spiro atoms. The van der Waals surface area contributed by atoms with E-state index in [1.165, 1.54) is 21.1 Å². The van der Waals surface area contributed by atoms with Crippen LogP contribution >= 0.6 is 11.3 Å². The summed E-state index contributed by atoms with van der Waals surface area (Å²) < 4.78 is 0. The summed E-state index contributed by atoms with van der Waals surface area (Å²) in [5, 5.41) is 9.22. The van der Waals surface area contributed by atoms with E-state index in [4.69, 9.17) is 0 Å². The molecule has 19 heavy (non-hydrogen) atoms. The van der Waals surface area contributed by atoms with E-state index in [1.807, 2.05) is 13.0 Å². The fourth-order valence-corrected chi connectivity index (χ4v) is 3.62. The largest absolute Gasteiger partial charge is 0.480 e. The fraction of sp³-hybridized carbons (Fsp3) is 0.571. The highest BCUT2D eigenvalue weighted by Gasteiger charge is 2.33. The second kappa shape index (κ2) is 5.74. The smallest absolute Gasteiger partial charge is 0.326 e. The van der Waals surface area contributed by atoms with Crippen LogP contribution in [-0.4, -0.2) is 34.5 Å². The molecule has 1 aliphatic rings. The minimum atomic E-state index is -0.892. The first-order valence-electron chi connectivity index (χ1n) is 6.67. The molecule has 0 unspecified atom stereocenters. The zero-order valence-corrected chi connectivity index (χ0v) is 12.1. The van der Waals surface area contributed by atoms with Crippen LogP contribution in [0.2, 0.25) is 0 Å². The van der Waals surface area contributed by atoms with Gasteiger partial charge in [-0.1, -0.05) is 6.92 Å². The molecule has 1 aromatic rings. The molecule has 1 N–H and O–H groups in total. The first kappa shape index (κ1) is 14.1. The van der Waals surface area contributed by atoms with Gasteiger partial charge in [0.1, 0.15) is 6.04 Å². The van der Waals surface area contributed by atoms with Crippen molar-refractivity contribution in [1.29, 1.82) is 0 Å². The summed E-state index contributed by atoms with van der Waals surface area (Å²) in [6, 6.07) is 1.23. The van der Waals surface area contributed by atoms with Crippen LogP contribution in [-0.2, 0) is 11.2 Å². The fourth-order valence-electron chi connectivity index (χ4n) is 2.55. The van der Waals surface area contributed by atoms with Gasteiger partial charge >= 0.3 is 5.97 Å². The zero-order valence-electron chi connectivity index (χ0n) is 11.3. The number of aryl methyl sites for hydroxylation is 2. The van der Waals surface area contributed by atoms with Gasteiger partial charge in [-0.15, -0.1) is 11.3 Å². The summed E-state index contributed by atoms with van der Waals surface area (Å²) in [5.74, 6) is -1.02. The molecule has 1 amide bonds. The van der Waals surface area contributed by atoms with Crippen LogP contribution in [0, 0.1) is 6.92 Å². The Morgan fingerprint density at radius 2 is 2.21 bits per heavy atom. The average Bonchev–Trinajstić information content (AvgIpc) is 2.79. The number of rotatable bonds is 3. The number of likely N-dealkylation sites (tertiary alicyclic amines) is 1. The van der Waals surface area contributed by atoms with E-state index in [9.17, 15) is 14.7 Å². The van der Waals surface area contributed by atoms with Crippen molar-refractivity contribution >= 4 is 23.2 Å². The molecule has 4 nitrogen and oxygen atoms in total. The normalized spacial score (nSPS) is 19.5. The number of carbonyl (C=O) groups excluding carboxylic acids is 1. The molecule has 0 saturated carbocycles. The molecule has 0 aromatic carbocycles. The van der Waals surface area contributed by atoms with Gasteiger partial charge in [0.15, 0.2) is 0 Å². The lowest BCUT2D eigenvalue weighted by Gasteiger charge is -2.32. The van der Waals surface area contributed by atoms with E-state index >= 15 is 0 Å². The van der Waals surface area contributed by atoms with Gasteiger partial charge in [0.05, 0.1) is 4.88 Å². The quantitative estimate of drug-likeness (QED) is 0.926. The molecule has 1 aromatic heterocycles. The van der Waals surface area contributed by atoms with E-state index in [2.05, 4.69) is 6.92 Å².